The van der Waals surface area contributed by atoms with E-state index in [1.165, 1.54) is 24.9 Å². The predicted molar refractivity (Wildman–Crippen MR) is 71.6 cm³/mol. The minimum absolute atomic E-state index is 0.429. The molecule has 0 aromatic heterocycles. The summed E-state index contributed by atoms with van der Waals surface area (Å²) in [5.74, 6) is 0. The molecule has 0 aliphatic carbocycles. The minimum Gasteiger partial charge on any atom is -0.315 e. The Morgan fingerprint density at radius 1 is 1.38 bits per heavy atom. The van der Waals surface area contributed by atoms with Crippen molar-refractivity contribution in [3.8, 4) is 0 Å². The molecule has 1 aromatic rings. The molecule has 2 nitrogen and oxygen atoms in total. The van der Waals surface area contributed by atoms with Gasteiger partial charge in [-0.3, -0.25) is 0 Å². The SMILES string of the molecule is CC(NC1CCCNC1)c1ccc(Br)cc1. The molecule has 0 amide bonds. The van der Waals surface area contributed by atoms with Crippen LogP contribution in [0.25, 0.3) is 0 Å². The summed E-state index contributed by atoms with van der Waals surface area (Å²) in [7, 11) is 0. The number of piperidine rings is 1. The fraction of sp³-hybridized carbons (Fsp3) is 0.538. The highest BCUT2D eigenvalue weighted by molar-refractivity contribution is 9.10. The van der Waals surface area contributed by atoms with Crippen LogP contribution in [0.4, 0.5) is 0 Å². The van der Waals surface area contributed by atoms with Crippen LogP contribution < -0.4 is 10.6 Å². The molecule has 2 atom stereocenters. The number of hydrogen-bond donors (Lipinski definition) is 2. The Hall–Kier alpha value is -0.380. The van der Waals surface area contributed by atoms with E-state index in [1.807, 2.05) is 0 Å². The molecule has 2 unspecified atom stereocenters. The van der Waals surface area contributed by atoms with E-state index in [0.717, 1.165) is 11.0 Å². The van der Waals surface area contributed by atoms with E-state index in [4.69, 9.17) is 0 Å². The van der Waals surface area contributed by atoms with Crippen LogP contribution in [0, 0.1) is 0 Å². The summed E-state index contributed by atoms with van der Waals surface area (Å²) in [4.78, 5) is 0. The van der Waals surface area contributed by atoms with E-state index in [2.05, 4.69) is 57.8 Å². The number of halogens is 1. The molecule has 2 N–H and O–H groups in total. The summed E-state index contributed by atoms with van der Waals surface area (Å²) >= 11 is 3.46. The zero-order valence-corrected chi connectivity index (χ0v) is 11.3. The van der Waals surface area contributed by atoms with Crippen LogP contribution in [0.3, 0.4) is 0 Å². The summed E-state index contributed by atoms with van der Waals surface area (Å²) < 4.78 is 1.14. The van der Waals surface area contributed by atoms with Crippen molar-refractivity contribution in [1.82, 2.24) is 10.6 Å². The zero-order valence-electron chi connectivity index (χ0n) is 9.67. The van der Waals surface area contributed by atoms with E-state index in [0.29, 0.717) is 12.1 Å². The third-order valence-corrected chi connectivity index (χ3v) is 3.68. The van der Waals surface area contributed by atoms with Crippen molar-refractivity contribution < 1.29 is 0 Å². The number of hydrogen-bond acceptors (Lipinski definition) is 2. The molecule has 88 valence electrons. The zero-order chi connectivity index (χ0) is 11.4. The lowest BCUT2D eigenvalue weighted by Gasteiger charge is -2.27. The van der Waals surface area contributed by atoms with Crippen molar-refractivity contribution in [1.29, 1.82) is 0 Å². The molecule has 1 saturated heterocycles. The third-order valence-electron chi connectivity index (χ3n) is 3.15. The van der Waals surface area contributed by atoms with Crippen molar-refractivity contribution in [3.05, 3.63) is 34.3 Å². The summed E-state index contributed by atoms with van der Waals surface area (Å²) in [5, 5.41) is 7.11. The van der Waals surface area contributed by atoms with Crippen molar-refractivity contribution >= 4 is 15.9 Å². The molecule has 0 saturated carbocycles. The van der Waals surface area contributed by atoms with Gasteiger partial charge >= 0.3 is 0 Å². The van der Waals surface area contributed by atoms with Crippen molar-refractivity contribution in [2.75, 3.05) is 13.1 Å². The molecule has 16 heavy (non-hydrogen) atoms. The van der Waals surface area contributed by atoms with Crippen molar-refractivity contribution in [2.24, 2.45) is 0 Å². The smallest absolute Gasteiger partial charge is 0.0294 e. The minimum atomic E-state index is 0.429. The average molecular weight is 283 g/mol. The predicted octanol–water partition coefficient (Wildman–Crippen LogP) is 2.85. The molecule has 1 aromatic carbocycles. The Kier molecular flexibility index (Phi) is 4.38. The lowest BCUT2D eigenvalue weighted by Crippen LogP contribution is -2.43. The van der Waals surface area contributed by atoms with Gasteiger partial charge in [-0.1, -0.05) is 28.1 Å². The second kappa shape index (κ2) is 5.80. The van der Waals surface area contributed by atoms with E-state index in [-0.39, 0.29) is 0 Å². The van der Waals surface area contributed by atoms with Gasteiger partial charge in [0.2, 0.25) is 0 Å². The van der Waals surface area contributed by atoms with Gasteiger partial charge in [0, 0.05) is 23.1 Å². The molecule has 2 rings (SSSR count). The Bertz CT molecular complexity index is 317. The van der Waals surface area contributed by atoms with Gasteiger partial charge in [-0.15, -0.1) is 0 Å². The Labute approximate surface area is 106 Å². The largest absolute Gasteiger partial charge is 0.315 e. The van der Waals surface area contributed by atoms with Crippen molar-refractivity contribution in [3.63, 3.8) is 0 Å². The first-order valence-electron chi connectivity index (χ1n) is 5.98. The molecule has 1 aliphatic rings. The van der Waals surface area contributed by atoms with E-state index in [1.54, 1.807) is 0 Å². The fourth-order valence-corrected chi connectivity index (χ4v) is 2.46. The second-order valence-electron chi connectivity index (χ2n) is 4.48. The molecule has 1 fully saturated rings. The Balaban J connectivity index is 1.91. The maximum absolute atomic E-state index is 3.68. The molecule has 3 heteroatoms. The summed E-state index contributed by atoms with van der Waals surface area (Å²) in [6, 6.07) is 9.61. The van der Waals surface area contributed by atoms with Gasteiger partial charge in [0.15, 0.2) is 0 Å². The summed E-state index contributed by atoms with van der Waals surface area (Å²) in [5.41, 5.74) is 1.36. The maximum atomic E-state index is 3.68. The molecular formula is C13H19BrN2. The van der Waals surface area contributed by atoms with Crippen LogP contribution in [0.1, 0.15) is 31.4 Å². The molecule has 0 bridgehead atoms. The van der Waals surface area contributed by atoms with E-state index < -0.39 is 0 Å². The van der Waals surface area contributed by atoms with Crippen LogP contribution in [0.5, 0.6) is 0 Å². The number of nitrogens with one attached hydrogen (secondary N) is 2. The molecule has 1 heterocycles. The average Bonchev–Trinajstić information content (AvgIpc) is 2.31. The van der Waals surface area contributed by atoms with Gasteiger partial charge in [0.05, 0.1) is 0 Å². The van der Waals surface area contributed by atoms with Gasteiger partial charge in [-0.2, -0.15) is 0 Å². The van der Waals surface area contributed by atoms with E-state index >= 15 is 0 Å². The van der Waals surface area contributed by atoms with Gasteiger partial charge in [0.25, 0.3) is 0 Å². The van der Waals surface area contributed by atoms with Gasteiger partial charge in [-0.25, -0.2) is 0 Å². The first kappa shape index (κ1) is 12.1. The molecular weight excluding hydrogens is 264 g/mol. The van der Waals surface area contributed by atoms with Gasteiger partial charge in [0.1, 0.15) is 0 Å². The summed E-state index contributed by atoms with van der Waals surface area (Å²) in [6.07, 6.45) is 2.57. The quantitative estimate of drug-likeness (QED) is 0.891. The first-order chi connectivity index (χ1) is 7.75. The number of benzene rings is 1. The highest BCUT2D eigenvalue weighted by Crippen LogP contribution is 2.17. The first-order valence-corrected chi connectivity index (χ1v) is 6.77. The standard InChI is InChI=1S/C13H19BrN2/c1-10(11-4-6-12(14)7-5-11)16-13-3-2-8-15-9-13/h4-7,10,13,15-16H,2-3,8-9H2,1H3. The van der Waals surface area contributed by atoms with Gasteiger partial charge in [-0.05, 0) is 44.0 Å². The van der Waals surface area contributed by atoms with Crippen LogP contribution in [0.2, 0.25) is 0 Å². The normalized spacial score (nSPS) is 23.0. The van der Waals surface area contributed by atoms with Crippen molar-refractivity contribution in [2.45, 2.75) is 31.8 Å². The molecule has 1 aliphatic heterocycles. The maximum Gasteiger partial charge on any atom is 0.0294 e. The lowest BCUT2D eigenvalue weighted by atomic mass is 10.0. The third kappa shape index (κ3) is 3.30. The topological polar surface area (TPSA) is 24.1 Å². The molecule has 0 spiro atoms. The van der Waals surface area contributed by atoms with Crippen LogP contribution in [0.15, 0.2) is 28.7 Å². The number of rotatable bonds is 3. The van der Waals surface area contributed by atoms with E-state index in [9.17, 15) is 0 Å². The lowest BCUT2D eigenvalue weighted by molar-refractivity contribution is 0.362. The molecule has 0 radical (unpaired) electrons. The van der Waals surface area contributed by atoms with Crippen LogP contribution in [-0.4, -0.2) is 19.1 Å². The fourth-order valence-electron chi connectivity index (χ4n) is 2.20. The monoisotopic (exact) mass is 282 g/mol. The highest BCUT2D eigenvalue weighted by Gasteiger charge is 2.15. The van der Waals surface area contributed by atoms with Crippen LogP contribution in [-0.2, 0) is 0 Å². The Morgan fingerprint density at radius 3 is 2.75 bits per heavy atom. The Morgan fingerprint density at radius 2 is 2.12 bits per heavy atom. The summed E-state index contributed by atoms with van der Waals surface area (Å²) in [6.45, 7) is 4.50. The van der Waals surface area contributed by atoms with Gasteiger partial charge < -0.3 is 10.6 Å². The highest BCUT2D eigenvalue weighted by atomic mass is 79.9. The second-order valence-corrected chi connectivity index (χ2v) is 5.40. The van der Waals surface area contributed by atoms with Crippen LogP contribution >= 0.6 is 15.9 Å².